The molecule has 2 rings (SSSR count). The van der Waals surface area contributed by atoms with Gasteiger partial charge in [-0.3, -0.25) is 14.9 Å². The zero-order valence-corrected chi connectivity index (χ0v) is 12.2. The van der Waals surface area contributed by atoms with Crippen LogP contribution >= 0.6 is 15.9 Å². The Balaban J connectivity index is 1.99. The topological polar surface area (TPSA) is 93.5 Å². The number of rotatable bonds is 4. The van der Waals surface area contributed by atoms with Gasteiger partial charge in [0.2, 0.25) is 5.91 Å². The van der Waals surface area contributed by atoms with E-state index in [2.05, 4.69) is 26.6 Å². The lowest BCUT2D eigenvalue weighted by molar-refractivity contribution is -0.384. The van der Waals surface area contributed by atoms with E-state index in [1.54, 1.807) is 0 Å². The number of non-ortho nitro benzene ring substituents is 1. The Morgan fingerprint density at radius 2 is 2.40 bits per heavy atom. The number of hydrogen-bond donors (Lipinski definition) is 2. The smallest absolute Gasteiger partial charge is 0.271 e. The summed E-state index contributed by atoms with van der Waals surface area (Å²) in [5.74, 6) is -0.214. The van der Waals surface area contributed by atoms with Crippen LogP contribution in [0.5, 0.6) is 0 Å². The first-order chi connectivity index (χ1) is 9.56. The summed E-state index contributed by atoms with van der Waals surface area (Å²) in [7, 11) is 0. The van der Waals surface area contributed by atoms with Gasteiger partial charge in [0.15, 0.2) is 0 Å². The highest BCUT2D eigenvalue weighted by Gasteiger charge is 2.18. The fraction of sp³-hybridized carbons (Fsp3) is 0.417. The highest BCUT2D eigenvalue weighted by Crippen LogP contribution is 2.27. The summed E-state index contributed by atoms with van der Waals surface area (Å²) in [6, 6.07) is 4.21. The maximum atomic E-state index is 11.9. The Kier molecular flexibility index (Phi) is 5.05. The molecule has 7 nitrogen and oxygen atoms in total. The molecule has 20 heavy (non-hydrogen) atoms. The molecule has 1 unspecified atom stereocenters. The third-order valence-electron chi connectivity index (χ3n) is 2.87. The number of carbonyl (C=O) groups excluding carboxylic acids is 1. The van der Waals surface area contributed by atoms with E-state index in [-0.39, 0.29) is 24.1 Å². The Bertz CT molecular complexity index is 517. The van der Waals surface area contributed by atoms with Crippen LogP contribution in [-0.4, -0.2) is 36.6 Å². The van der Waals surface area contributed by atoms with Crippen molar-refractivity contribution < 1.29 is 14.5 Å². The van der Waals surface area contributed by atoms with Gasteiger partial charge in [0.05, 0.1) is 23.8 Å². The number of amides is 1. The van der Waals surface area contributed by atoms with Crippen LogP contribution in [-0.2, 0) is 9.53 Å². The monoisotopic (exact) mass is 343 g/mol. The Morgan fingerprint density at radius 1 is 1.60 bits per heavy atom. The quantitative estimate of drug-likeness (QED) is 0.640. The second kappa shape index (κ2) is 6.78. The molecular formula is C12H14BrN3O4. The largest absolute Gasteiger partial charge is 0.378 e. The van der Waals surface area contributed by atoms with E-state index in [1.807, 2.05) is 0 Å². The van der Waals surface area contributed by atoms with E-state index in [4.69, 9.17) is 4.74 Å². The van der Waals surface area contributed by atoms with Crippen molar-refractivity contribution in [1.82, 2.24) is 5.32 Å². The Labute approximate surface area is 124 Å². The summed E-state index contributed by atoms with van der Waals surface area (Å²) in [6.45, 7) is 1.86. The lowest BCUT2D eigenvalue weighted by atomic mass is 10.2. The second-order valence-electron chi connectivity index (χ2n) is 4.40. The van der Waals surface area contributed by atoms with Gasteiger partial charge < -0.3 is 15.4 Å². The molecule has 2 N–H and O–H groups in total. The molecule has 1 aromatic rings. The first-order valence-electron chi connectivity index (χ1n) is 6.11. The van der Waals surface area contributed by atoms with Crippen molar-refractivity contribution in [3.05, 3.63) is 32.8 Å². The molecule has 1 amide bonds. The predicted octanol–water partition coefficient (Wildman–Crippen LogP) is 1.67. The standard InChI is InChI=1S/C12H14BrN3O4/c13-10-2-1-9(16(18)19)6-11(10)15-12(17)5-8-7-20-4-3-14-8/h1-2,6,8,14H,3-5,7H2,(H,15,17). The minimum Gasteiger partial charge on any atom is -0.378 e. The summed E-state index contributed by atoms with van der Waals surface area (Å²) < 4.78 is 5.87. The van der Waals surface area contributed by atoms with Gasteiger partial charge in [-0.05, 0) is 22.0 Å². The van der Waals surface area contributed by atoms with Crippen LogP contribution in [0.3, 0.4) is 0 Å². The molecule has 1 saturated heterocycles. The number of hydrogen-bond acceptors (Lipinski definition) is 5. The molecular weight excluding hydrogens is 330 g/mol. The van der Waals surface area contributed by atoms with E-state index < -0.39 is 4.92 Å². The summed E-state index contributed by atoms with van der Waals surface area (Å²) in [5, 5.41) is 16.6. The molecule has 1 fully saturated rings. The fourth-order valence-corrected chi connectivity index (χ4v) is 2.24. The summed E-state index contributed by atoms with van der Waals surface area (Å²) >= 11 is 3.26. The lowest BCUT2D eigenvalue weighted by Gasteiger charge is -2.23. The Morgan fingerprint density at radius 3 is 3.05 bits per heavy atom. The summed E-state index contributed by atoms with van der Waals surface area (Å²) in [5.41, 5.74) is 0.323. The maximum Gasteiger partial charge on any atom is 0.271 e. The van der Waals surface area contributed by atoms with Crippen LogP contribution in [0.4, 0.5) is 11.4 Å². The van der Waals surface area contributed by atoms with E-state index in [0.717, 1.165) is 6.54 Å². The van der Waals surface area contributed by atoms with Crippen LogP contribution in [0, 0.1) is 10.1 Å². The van der Waals surface area contributed by atoms with Gasteiger partial charge in [0.25, 0.3) is 5.69 Å². The number of nitro benzene ring substituents is 1. The average Bonchev–Trinajstić information content (AvgIpc) is 2.42. The normalized spacial score (nSPS) is 18.6. The lowest BCUT2D eigenvalue weighted by Crippen LogP contribution is -2.43. The van der Waals surface area contributed by atoms with Gasteiger partial charge in [-0.25, -0.2) is 0 Å². The van der Waals surface area contributed by atoms with Crippen molar-refractivity contribution in [1.29, 1.82) is 0 Å². The predicted molar refractivity (Wildman–Crippen MR) is 76.7 cm³/mol. The highest BCUT2D eigenvalue weighted by atomic mass is 79.9. The number of ether oxygens (including phenoxy) is 1. The van der Waals surface area contributed by atoms with Crippen LogP contribution in [0.1, 0.15) is 6.42 Å². The first kappa shape index (κ1) is 14.9. The molecule has 0 aromatic heterocycles. The van der Waals surface area contributed by atoms with Gasteiger partial charge in [-0.1, -0.05) is 0 Å². The molecule has 8 heteroatoms. The number of benzene rings is 1. The van der Waals surface area contributed by atoms with Crippen molar-refractivity contribution >= 4 is 33.2 Å². The second-order valence-corrected chi connectivity index (χ2v) is 5.25. The molecule has 1 aliphatic heterocycles. The number of nitrogens with one attached hydrogen (secondary N) is 2. The van der Waals surface area contributed by atoms with E-state index in [9.17, 15) is 14.9 Å². The van der Waals surface area contributed by atoms with Gasteiger partial charge in [-0.2, -0.15) is 0 Å². The molecule has 0 spiro atoms. The third kappa shape index (κ3) is 3.99. The van der Waals surface area contributed by atoms with Crippen LogP contribution in [0.2, 0.25) is 0 Å². The number of anilines is 1. The zero-order chi connectivity index (χ0) is 14.5. The van der Waals surface area contributed by atoms with Crippen LogP contribution in [0.25, 0.3) is 0 Å². The summed E-state index contributed by atoms with van der Waals surface area (Å²) in [4.78, 5) is 22.1. The Hall–Kier alpha value is -1.51. The number of nitro groups is 1. The third-order valence-corrected chi connectivity index (χ3v) is 3.56. The fourth-order valence-electron chi connectivity index (χ4n) is 1.90. The number of morpholine rings is 1. The summed E-state index contributed by atoms with van der Waals surface area (Å²) in [6.07, 6.45) is 0.259. The van der Waals surface area contributed by atoms with E-state index in [1.165, 1.54) is 18.2 Å². The van der Waals surface area contributed by atoms with Crippen molar-refractivity contribution in [2.75, 3.05) is 25.1 Å². The number of nitrogens with zero attached hydrogens (tertiary/aromatic N) is 1. The van der Waals surface area contributed by atoms with Gasteiger partial charge >= 0.3 is 0 Å². The average molecular weight is 344 g/mol. The van der Waals surface area contributed by atoms with Crippen molar-refractivity contribution in [3.8, 4) is 0 Å². The molecule has 108 valence electrons. The zero-order valence-electron chi connectivity index (χ0n) is 10.6. The molecule has 0 bridgehead atoms. The van der Waals surface area contributed by atoms with E-state index >= 15 is 0 Å². The number of halogens is 1. The van der Waals surface area contributed by atoms with Crippen molar-refractivity contribution in [2.24, 2.45) is 0 Å². The molecule has 0 radical (unpaired) electrons. The minimum absolute atomic E-state index is 0.0266. The van der Waals surface area contributed by atoms with Crippen LogP contribution in [0.15, 0.2) is 22.7 Å². The minimum atomic E-state index is -0.501. The molecule has 1 aliphatic rings. The molecule has 1 heterocycles. The van der Waals surface area contributed by atoms with Crippen molar-refractivity contribution in [2.45, 2.75) is 12.5 Å². The van der Waals surface area contributed by atoms with Crippen molar-refractivity contribution in [3.63, 3.8) is 0 Å². The highest BCUT2D eigenvalue weighted by molar-refractivity contribution is 9.10. The molecule has 1 aromatic carbocycles. The molecule has 0 aliphatic carbocycles. The number of carbonyl (C=O) groups is 1. The van der Waals surface area contributed by atoms with Gasteiger partial charge in [0, 0.05) is 35.6 Å². The van der Waals surface area contributed by atoms with E-state index in [0.29, 0.717) is 23.4 Å². The maximum absolute atomic E-state index is 11.9. The molecule has 1 atom stereocenters. The first-order valence-corrected chi connectivity index (χ1v) is 6.90. The molecule has 0 saturated carbocycles. The van der Waals surface area contributed by atoms with Gasteiger partial charge in [0.1, 0.15) is 0 Å². The van der Waals surface area contributed by atoms with Crippen LogP contribution < -0.4 is 10.6 Å². The SMILES string of the molecule is O=C(CC1COCCN1)Nc1cc([N+](=O)[O-])ccc1Br. The van der Waals surface area contributed by atoms with Gasteiger partial charge in [-0.15, -0.1) is 0 Å².